The molecular formula is C28H24FN7OS. The first-order valence-electron chi connectivity index (χ1n) is 12.5. The Morgan fingerprint density at radius 2 is 1.76 bits per heavy atom. The maximum absolute atomic E-state index is 13.7. The van der Waals surface area contributed by atoms with Gasteiger partial charge in [0.1, 0.15) is 18.0 Å². The number of nitrogens with zero attached hydrogens (tertiary/aromatic N) is 7. The van der Waals surface area contributed by atoms with Gasteiger partial charge in [-0.15, -0.1) is 0 Å². The molecule has 0 radical (unpaired) electrons. The summed E-state index contributed by atoms with van der Waals surface area (Å²) < 4.78 is 17.5. The van der Waals surface area contributed by atoms with E-state index in [0.717, 1.165) is 47.4 Å². The average Bonchev–Trinajstić information content (AvgIpc) is 3.58. The Balaban J connectivity index is 1.39. The maximum atomic E-state index is 13.7. The van der Waals surface area contributed by atoms with Gasteiger partial charge in [-0.2, -0.15) is 20.7 Å². The molecule has 190 valence electrons. The zero-order chi connectivity index (χ0) is 26.6. The van der Waals surface area contributed by atoms with Crippen molar-refractivity contribution >= 4 is 23.2 Å². The van der Waals surface area contributed by atoms with Crippen molar-refractivity contribution in [2.24, 2.45) is 0 Å². The van der Waals surface area contributed by atoms with Gasteiger partial charge < -0.3 is 4.90 Å². The van der Waals surface area contributed by atoms with Crippen LogP contribution in [0.2, 0.25) is 0 Å². The second-order valence-corrected chi connectivity index (χ2v) is 11.0. The summed E-state index contributed by atoms with van der Waals surface area (Å²) in [5, 5.41) is 28.4. The largest absolute Gasteiger partial charge is 0.337 e. The SMILES string of the molecule is CC(=O)N1[C@@H]2CC[C@H]1CC(n1ncc(-c3cc(Sc4ccc(F)cc4C#N)c4c(C#N)cnn4c3)c1C)C2. The molecular weight excluding hydrogens is 501 g/mol. The van der Waals surface area contributed by atoms with E-state index in [1.165, 1.54) is 30.1 Å². The molecule has 0 spiro atoms. The molecule has 6 rings (SSSR count). The van der Waals surface area contributed by atoms with Crippen molar-refractivity contribution in [3.8, 4) is 23.3 Å². The van der Waals surface area contributed by atoms with E-state index in [9.17, 15) is 19.7 Å². The summed E-state index contributed by atoms with van der Waals surface area (Å²) in [6.45, 7) is 3.71. The van der Waals surface area contributed by atoms with Gasteiger partial charge in [0.15, 0.2) is 0 Å². The van der Waals surface area contributed by atoms with Gasteiger partial charge in [0.25, 0.3) is 0 Å². The lowest BCUT2D eigenvalue weighted by Gasteiger charge is -2.38. The molecule has 1 unspecified atom stereocenters. The number of pyridine rings is 1. The lowest BCUT2D eigenvalue weighted by molar-refractivity contribution is -0.133. The van der Waals surface area contributed by atoms with E-state index in [1.807, 2.05) is 18.5 Å². The summed E-state index contributed by atoms with van der Waals surface area (Å²) in [5.41, 5.74) is 4.12. The van der Waals surface area contributed by atoms with Crippen LogP contribution in [0.5, 0.6) is 0 Å². The van der Waals surface area contributed by atoms with Crippen LogP contribution in [0.1, 0.15) is 55.5 Å². The summed E-state index contributed by atoms with van der Waals surface area (Å²) in [6.07, 6.45) is 9.13. The van der Waals surface area contributed by atoms with Crippen LogP contribution in [0.25, 0.3) is 16.6 Å². The number of carbonyl (C=O) groups is 1. The highest BCUT2D eigenvalue weighted by molar-refractivity contribution is 7.99. The van der Waals surface area contributed by atoms with Crippen molar-refractivity contribution in [1.29, 1.82) is 10.5 Å². The molecule has 1 amide bonds. The van der Waals surface area contributed by atoms with Crippen molar-refractivity contribution in [2.45, 2.75) is 67.4 Å². The first kappa shape index (κ1) is 24.2. The van der Waals surface area contributed by atoms with E-state index in [2.05, 4.69) is 33.7 Å². The van der Waals surface area contributed by atoms with Crippen LogP contribution in [-0.4, -0.2) is 42.3 Å². The third-order valence-electron chi connectivity index (χ3n) is 7.75. The fourth-order valence-corrected chi connectivity index (χ4v) is 7.20. The Hall–Kier alpha value is -4.15. The zero-order valence-corrected chi connectivity index (χ0v) is 21.7. The maximum Gasteiger partial charge on any atom is 0.219 e. The van der Waals surface area contributed by atoms with Crippen molar-refractivity contribution in [3.05, 3.63) is 65.5 Å². The van der Waals surface area contributed by atoms with Crippen LogP contribution in [0, 0.1) is 35.4 Å². The van der Waals surface area contributed by atoms with Gasteiger partial charge in [0, 0.05) is 51.8 Å². The number of amides is 1. The number of carbonyl (C=O) groups excluding carboxylic acids is 1. The minimum atomic E-state index is -0.475. The normalized spacial score (nSPS) is 20.4. The van der Waals surface area contributed by atoms with Crippen LogP contribution in [0.4, 0.5) is 4.39 Å². The Morgan fingerprint density at radius 1 is 1.03 bits per heavy atom. The molecule has 0 saturated carbocycles. The quantitative estimate of drug-likeness (QED) is 0.360. The highest BCUT2D eigenvalue weighted by Gasteiger charge is 2.43. The van der Waals surface area contributed by atoms with Gasteiger partial charge in [0.2, 0.25) is 5.91 Å². The molecule has 5 heterocycles. The topological polar surface area (TPSA) is 103 Å². The summed E-state index contributed by atoms with van der Waals surface area (Å²) in [5.74, 6) is -0.318. The number of aromatic nitrogens is 4. The Kier molecular flexibility index (Phi) is 5.93. The molecule has 2 aliphatic heterocycles. The summed E-state index contributed by atoms with van der Waals surface area (Å²) in [4.78, 5) is 15.5. The monoisotopic (exact) mass is 525 g/mol. The molecule has 4 aromatic rings. The van der Waals surface area contributed by atoms with Crippen molar-refractivity contribution in [3.63, 3.8) is 0 Å². The average molecular weight is 526 g/mol. The van der Waals surface area contributed by atoms with Gasteiger partial charge in [-0.1, -0.05) is 11.8 Å². The molecule has 2 fully saturated rings. The minimum Gasteiger partial charge on any atom is -0.337 e. The van der Waals surface area contributed by atoms with Crippen LogP contribution < -0.4 is 0 Å². The Labute approximate surface area is 223 Å². The Morgan fingerprint density at radius 3 is 2.45 bits per heavy atom. The van der Waals surface area contributed by atoms with Crippen LogP contribution in [0.15, 0.2) is 52.6 Å². The van der Waals surface area contributed by atoms with E-state index in [4.69, 9.17) is 5.10 Å². The van der Waals surface area contributed by atoms with Crippen LogP contribution in [0.3, 0.4) is 0 Å². The van der Waals surface area contributed by atoms with Gasteiger partial charge in [-0.25, -0.2) is 8.91 Å². The predicted octanol–water partition coefficient (Wildman–Crippen LogP) is 5.25. The molecule has 10 heteroatoms. The van der Waals surface area contributed by atoms with Crippen LogP contribution >= 0.6 is 11.8 Å². The lowest BCUT2D eigenvalue weighted by atomic mass is 9.97. The van der Waals surface area contributed by atoms with E-state index >= 15 is 0 Å². The number of piperidine rings is 1. The number of rotatable bonds is 4. The van der Waals surface area contributed by atoms with Gasteiger partial charge in [0.05, 0.1) is 35.1 Å². The third-order valence-corrected chi connectivity index (χ3v) is 8.86. The van der Waals surface area contributed by atoms with Gasteiger partial charge in [-0.05, 0) is 56.9 Å². The standard InChI is InChI=1S/C28H24FN7OS/c1-16-25(14-33-36(16)24-9-22-4-5-23(10-24)35(22)17(2)37)19-8-27(28-20(12-31)13-32-34(28)15-19)38-26-6-3-21(29)7-18(26)11-30/h3,6-8,13-15,22-24H,4-5,9-10H2,1-2H3/t22-,23+,24?. The predicted molar refractivity (Wildman–Crippen MR) is 139 cm³/mol. The lowest BCUT2D eigenvalue weighted by Crippen LogP contribution is -2.46. The van der Waals surface area contributed by atoms with Crippen molar-refractivity contribution in [1.82, 2.24) is 24.3 Å². The molecule has 38 heavy (non-hydrogen) atoms. The molecule has 3 atom stereocenters. The number of halogens is 1. The fourth-order valence-electron chi connectivity index (χ4n) is 6.13. The minimum absolute atomic E-state index is 0.156. The second-order valence-electron chi connectivity index (χ2n) is 9.94. The highest BCUT2D eigenvalue weighted by atomic mass is 32.2. The first-order valence-corrected chi connectivity index (χ1v) is 13.3. The summed E-state index contributed by atoms with van der Waals surface area (Å²) >= 11 is 1.31. The molecule has 3 aromatic heterocycles. The van der Waals surface area contributed by atoms with Gasteiger partial charge in [-0.3, -0.25) is 9.48 Å². The number of benzene rings is 1. The molecule has 2 aliphatic rings. The molecule has 0 aliphatic carbocycles. The fraction of sp³-hybridized carbons (Fsp3) is 0.321. The van der Waals surface area contributed by atoms with E-state index in [-0.39, 0.29) is 29.6 Å². The summed E-state index contributed by atoms with van der Waals surface area (Å²) in [6, 6.07) is 11.1. The zero-order valence-electron chi connectivity index (χ0n) is 20.9. The Bertz CT molecular complexity index is 1660. The molecule has 8 nitrogen and oxygen atoms in total. The number of nitriles is 2. The number of fused-ring (bicyclic) bond motifs is 3. The van der Waals surface area contributed by atoms with E-state index in [0.29, 0.717) is 16.0 Å². The first-order chi connectivity index (χ1) is 18.4. The molecule has 0 N–H and O–H groups in total. The summed E-state index contributed by atoms with van der Waals surface area (Å²) in [7, 11) is 0. The third kappa shape index (κ3) is 3.93. The number of hydrogen-bond acceptors (Lipinski definition) is 6. The van der Waals surface area contributed by atoms with Crippen molar-refractivity contribution < 1.29 is 9.18 Å². The van der Waals surface area contributed by atoms with Crippen molar-refractivity contribution in [2.75, 3.05) is 0 Å². The molecule has 1 aromatic carbocycles. The van der Waals surface area contributed by atoms with Crippen LogP contribution in [-0.2, 0) is 4.79 Å². The number of hydrogen-bond donors (Lipinski definition) is 0. The van der Waals surface area contributed by atoms with E-state index in [1.54, 1.807) is 17.5 Å². The highest BCUT2D eigenvalue weighted by Crippen LogP contribution is 2.42. The molecule has 2 saturated heterocycles. The smallest absolute Gasteiger partial charge is 0.219 e. The van der Waals surface area contributed by atoms with Gasteiger partial charge >= 0.3 is 0 Å². The second kappa shape index (κ2) is 9.30. The van der Waals surface area contributed by atoms with E-state index < -0.39 is 5.82 Å². The molecule has 2 bridgehead atoms.